The van der Waals surface area contributed by atoms with Crippen LogP contribution in [-0.4, -0.2) is 34.8 Å². The molecule has 9 nitrogen and oxygen atoms in total. The number of benzene rings is 3. The van der Waals surface area contributed by atoms with E-state index in [1.807, 2.05) is 30.3 Å². The van der Waals surface area contributed by atoms with Crippen molar-refractivity contribution in [2.45, 2.75) is 6.42 Å². The van der Waals surface area contributed by atoms with E-state index in [-0.39, 0.29) is 18.0 Å². The van der Waals surface area contributed by atoms with Gasteiger partial charge in [-0.05, 0) is 30.3 Å². The summed E-state index contributed by atoms with van der Waals surface area (Å²) in [7, 11) is 2.97. The van der Waals surface area contributed by atoms with E-state index in [1.54, 1.807) is 35.1 Å². The summed E-state index contributed by atoms with van der Waals surface area (Å²) in [6.07, 6.45) is 1.76. The lowest BCUT2D eigenvalue weighted by atomic mass is 10.1. The number of nitrogens with zero attached hydrogens (tertiary/aromatic N) is 3. The summed E-state index contributed by atoms with van der Waals surface area (Å²) < 4.78 is 12.2. The number of carbonyl (C=O) groups is 1. The number of nitro groups is 1. The molecule has 0 saturated heterocycles. The number of hydrogen-bond donors (Lipinski definition) is 1. The molecule has 4 rings (SSSR count). The van der Waals surface area contributed by atoms with Crippen molar-refractivity contribution < 1.29 is 19.2 Å². The molecule has 0 spiro atoms. The molecule has 1 aromatic heterocycles. The van der Waals surface area contributed by atoms with Crippen molar-refractivity contribution in [1.29, 1.82) is 0 Å². The highest BCUT2D eigenvalue weighted by Crippen LogP contribution is 2.36. The summed E-state index contributed by atoms with van der Waals surface area (Å²) in [5.74, 6) is 0.501. The Kier molecular flexibility index (Phi) is 6.98. The monoisotopic (exact) mass is 492 g/mol. The van der Waals surface area contributed by atoms with Crippen LogP contribution < -0.4 is 14.8 Å². The highest BCUT2D eigenvalue weighted by Gasteiger charge is 2.18. The van der Waals surface area contributed by atoms with Gasteiger partial charge in [0.1, 0.15) is 11.5 Å². The molecule has 0 aliphatic rings. The maximum Gasteiger partial charge on any atom is 0.269 e. The first-order valence-electron chi connectivity index (χ1n) is 10.5. The van der Waals surface area contributed by atoms with Gasteiger partial charge in [-0.1, -0.05) is 29.8 Å². The fourth-order valence-corrected chi connectivity index (χ4v) is 3.80. The Morgan fingerprint density at radius 2 is 1.74 bits per heavy atom. The number of rotatable bonds is 8. The molecule has 35 heavy (non-hydrogen) atoms. The molecule has 0 atom stereocenters. The van der Waals surface area contributed by atoms with E-state index in [1.165, 1.54) is 26.4 Å². The zero-order chi connectivity index (χ0) is 24.9. The molecule has 1 heterocycles. The number of aromatic nitrogens is 2. The maximum absolute atomic E-state index is 13.0. The van der Waals surface area contributed by atoms with Crippen LogP contribution in [0.4, 0.5) is 11.4 Å². The quantitative estimate of drug-likeness (QED) is 0.264. The number of halogens is 1. The lowest BCUT2D eigenvalue weighted by Crippen LogP contribution is -2.15. The molecule has 0 saturated carbocycles. The van der Waals surface area contributed by atoms with Crippen LogP contribution >= 0.6 is 11.6 Å². The number of hydrogen-bond acceptors (Lipinski definition) is 6. The summed E-state index contributed by atoms with van der Waals surface area (Å²) in [6.45, 7) is 0. The van der Waals surface area contributed by atoms with Crippen molar-refractivity contribution in [3.63, 3.8) is 0 Å². The molecule has 0 aliphatic heterocycles. The molecule has 3 aromatic carbocycles. The predicted octanol–water partition coefficient (Wildman–Crippen LogP) is 5.30. The fraction of sp³-hybridized carbons (Fsp3) is 0.120. The minimum atomic E-state index is -0.464. The normalized spacial score (nSPS) is 10.6. The molecule has 10 heteroatoms. The average molecular weight is 493 g/mol. The Hall–Kier alpha value is -4.37. The number of methoxy groups -OCH3 is 2. The van der Waals surface area contributed by atoms with E-state index in [0.29, 0.717) is 39.0 Å². The number of nitrogens with one attached hydrogen (secondary N) is 1. The SMILES string of the molecule is COc1cc(OC)c(NC(=O)Cc2cn(-c3ccccc3)nc2-c2ccc([N+](=O)[O-])cc2)cc1Cl. The van der Waals surface area contributed by atoms with Gasteiger partial charge in [0.2, 0.25) is 5.91 Å². The number of ether oxygens (including phenoxy) is 2. The standard InChI is InChI=1S/C25H21ClN4O5/c1-34-22-14-23(35-2)21(13-20(22)26)27-24(31)12-17-15-29(18-6-4-3-5-7-18)28-25(17)16-8-10-19(11-9-16)30(32)33/h3-11,13-15H,12H2,1-2H3,(H,27,31). The lowest BCUT2D eigenvalue weighted by Gasteiger charge is -2.13. The van der Waals surface area contributed by atoms with E-state index in [0.717, 1.165) is 5.69 Å². The molecule has 0 radical (unpaired) electrons. The minimum absolute atomic E-state index is 0.00798. The number of carbonyl (C=O) groups excluding carboxylic acids is 1. The van der Waals surface area contributed by atoms with Crippen LogP contribution in [0.15, 0.2) is 72.9 Å². The number of amides is 1. The highest BCUT2D eigenvalue weighted by molar-refractivity contribution is 6.32. The van der Waals surface area contributed by atoms with E-state index in [4.69, 9.17) is 21.1 Å². The molecule has 0 bridgehead atoms. The van der Waals surface area contributed by atoms with Gasteiger partial charge in [0.25, 0.3) is 5.69 Å². The van der Waals surface area contributed by atoms with Crippen LogP contribution in [0.2, 0.25) is 5.02 Å². The fourth-order valence-electron chi connectivity index (χ4n) is 3.56. The molecule has 0 fully saturated rings. The molecule has 1 amide bonds. The van der Waals surface area contributed by atoms with E-state index in [9.17, 15) is 14.9 Å². The van der Waals surface area contributed by atoms with Crippen molar-refractivity contribution in [2.24, 2.45) is 0 Å². The average Bonchev–Trinajstić information content (AvgIpc) is 3.28. The molecule has 4 aromatic rings. The van der Waals surface area contributed by atoms with Gasteiger partial charge in [-0.2, -0.15) is 5.10 Å². The third-order valence-corrected chi connectivity index (χ3v) is 5.56. The first kappa shape index (κ1) is 23.8. The van der Waals surface area contributed by atoms with Crippen LogP contribution in [0.1, 0.15) is 5.56 Å². The third kappa shape index (κ3) is 5.25. The first-order valence-corrected chi connectivity index (χ1v) is 10.9. The van der Waals surface area contributed by atoms with Crippen molar-refractivity contribution >= 4 is 28.9 Å². The van der Waals surface area contributed by atoms with Gasteiger partial charge in [0, 0.05) is 35.5 Å². The highest BCUT2D eigenvalue weighted by atomic mass is 35.5. The molecule has 178 valence electrons. The van der Waals surface area contributed by atoms with Crippen LogP contribution in [0, 0.1) is 10.1 Å². The van der Waals surface area contributed by atoms with Crippen LogP contribution in [-0.2, 0) is 11.2 Å². The van der Waals surface area contributed by atoms with Crippen molar-refractivity contribution in [2.75, 3.05) is 19.5 Å². The second kappa shape index (κ2) is 10.3. The number of para-hydroxylation sites is 1. The van der Waals surface area contributed by atoms with Gasteiger partial charge in [-0.15, -0.1) is 0 Å². The van der Waals surface area contributed by atoms with Crippen molar-refractivity contribution in [3.05, 3.63) is 93.6 Å². The van der Waals surface area contributed by atoms with Gasteiger partial charge < -0.3 is 14.8 Å². The third-order valence-electron chi connectivity index (χ3n) is 5.26. The Labute approximate surface area is 206 Å². The second-order valence-electron chi connectivity index (χ2n) is 7.50. The molecular formula is C25H21ClN4O5. The van der Waals surface area contributed by atoms with E-state index >= 15 is 0 Å². The summed E-state index contributed by atoms with van der Waals surface area (Å²) in [4.78, 5) is 23.6. The van der Waals surface area contributed by atoms with Gasteiger partial charge in [-0.25, -0.2) is 4.68 Å². The molecule has 0 aliphatic carbocycles. The van der Waals surface area contributed by atoms with Gasteiger partial charge in [0.05, 0.1) is 47.7 Å². The predicted molar refractivity (Wildman–Crippen MR) is 133 cm³/mol. The van der Waals surface area contributed by atoms with Crippen LogP contribution in [0.3, 0.4) is 0 Å². The topological polar surface area (TPSA) is 109 Å². The van der Waals surface area contributed by atoms with Gasteiger partial charge in [0.15, 0.2) is 0 Å². The number of non-ortho nitro benzene ring substituents is 1. The summed E-state index contributed by atoms with van der Waals surface area (Å²) in [5, 5.41) is 18.9. The number of anilines is 1. The Morgan fingerprint density at radius 1 is 1.06 bits per heavy atom. The van der Waals surface area contributed by atoms with Crippen LogP contribution in [0.5, 0.6) is 11.5 Å². The lowest BCUT2D eigenvalue weighted by molar-refractivity contribution is -0.384. The Balaban J connectivity index is 1.67. The van der Waals surface area contributed by atoms with E-state index < -0.39 is 4.92 Å². The van der Waals surface area contributed by atoms with Gasteiger partial charge in [-0.3, -0.25) is 14.9 Å². The van der Waals surface area contributed by atoms with E-state index in [2.05, 4.69) is 10.4 Å². The summed E-state index contributed by atoms with van der Waals surface area (Å²) >= 11 is 6.22. The molecule has 0 unspecified atom stereocenters. The second-order valence-corrected chi connectivity index (χ2v) is 7.91. The van der Waals surface area contributed by atoms with Crippen molar-refractivity contribution in [1.82, 2.24) is 9.78 Å². The zero-order valence-corrected chi connectivity index (χ0v) is 19.7. The Bertz CT molecular complexity index is 1370. The smallest absolute Gasteiger partial charge is 0.269 e. The Morgan fingerprint density at radius 3 is 2.37 bits per heavy atom. The van der Waals surface area contributed by atoms with Crippen LogP contribution in [0.25, 0.3) is 16.9 Å². The molecular weight excluding hydrogens is 472 g/mol. The maximum atomic E-state index is 13.0. The first-order chi connectivity index (χ1) is 16.9. The van der Waals surface area contributed by atoms with Crippen molar-refractivity contribution in [3.8, 4) is 28.4 Å². The minimum Gasteiger partial charge on any atom is -0.495 e. The summed E-state index contributed by atoms with van der Waals surface area (Å²) in [5.41, 5.74) is 3.01. The van der Waals surface area contributed by atoms with Gasteiger partial charge >= 0.3 is 0 Å². The summed E-state index contributed by atoms with van der Waals surface area (Å²) in [6, 6.07) is 18.6. The zero-order valence-electron chi connectivity index (χ0n) is 18.9. The largest absolute Gasteiger partial charge is 0.495 e. The number of nitro benzene ring substituents is 1. The molecule has 1 N–H and O–H groups in total.